The normalized spacial score (nSPS) is 12.2. The van der Waals surface area contributed by atoms with E-state index in [1.54, 1.807) is 6.20 Å². The van der Waals surface area contributed by atoms with Crippen molar-refractivity contribution < 1.29 is 4.74 Å². The Kier molecular flexibility index (Phi) is 4.77. The van der Waals surface area contributed by atoms with Gasteiger partial charge in [-0.1, -0.05) is 17.7 Å². The highest BCUT2D eigenvalue weighted by molar-refractivity contribution is 6.30. The molecule has 3 nitrogen and oxygen atoms in total. The van der Waals surface area contributed by atoms with Crippen molar-refractivity contribution in [2.24, 2.45) is 5.73 Å². The zero-order valence-corrected chi connectivity index (χ0v) is 11.6. The van der Waals surface area contributed by atoms with Crippen LogP contribution in [-0.4, -0.2) is 11.6 Å². The molecule has 2 aromatic rings. The van der Waals surface area contributed by atoms with Crippen molar-refractivity contribution in [2.45, 2.75) is 19.4 Å². The summed E-state index contributed by atoms with van der Waals surface area (Å²) in [6, 6.07) is 11.3. The van der Waals surface area contributed by atoms with Crippen LogP contribution in [0.5, 0.6) is 5.75 Å². The molecule has 2 N–H and O–H groups in total. The lowest BCUT2D eigenvalue weighted by molar-refractivity contribution is 0.315. The van der Waals surface area contributed by atoms with Gasteiger partial charge in [-0.15, -0.1) is 0 Å². The minimum atomic E-state index is -0.108. The summed E-state index contributed by atoms with van der Waals surface area (Å²) >= 11 is 5.97. The first-order chi connectivity index (χ1) is 9.16. The Bertz CT molecular complexity index is 529. The predicted octanol–water partition coefficient (Wildman–Crippen LogP) is 3.38. The van der Waals surface area contributed by atoms with Crippen LogP contribution in [0.2, 0.25) is 5.02 Å². The van der Waals surface area contributed by atoms with Gasteiger partial charge in [-0.3, -0.25) is 4.98 Å². The lowest BCUT2D eigenvalue weighted by Crippen LogP contribution is -2.10. The second-order valence-electron chi connectivity index (χ2n) is 4.39. The van der Waals surface area contributed by atoms with Crippen molar-refractivity contribution in [3.8, 4) is 5.75 Å². The highest BCUT2D eigenvalue weighted by Gasteiger charge is 2.09. The summed E-state index contributed by atoms with van der Waals surface area (Å²) < 4.78 is 5.78. The number of rotatable bonds is 5. The van der Waals surface area contributed by atoms with Crippen LogP contribution in [0.25, 0.3) is 0 Å². The Balaban J connectivity index is 2.00. The number of hydrogen-bond donors (Lipinski definition) is 1. The Hall–Kier alpha value is -1.58. The van der Waals surface area contributed by atoms with Gasteiger partial charge in [0.2, 0.25) is 0 Å². The second-order valence-corrected chi connectivity index (χ2v) is 4.83. The van der Waals surface area contributed by atoms with E-state index in [2.05, 4.69) is 4.98 Å². The number of ether oxygens (including phenoxy) is 1. The van der Waals surface area contributed by atoms with Gasteiger partial charge in [0.1, 0.15) is 5.75 Å². The predicted molar refractivity (Wildman–Crippen MR) is 77.5 cm³/mol. The molecule has 1 aromatic heterocycles. The van der Waals surface area contributed by atoms with Crippen LogP contribution in [0.3, 0.4) is 0 Å². The highest BCUT2D eigenvalue weighted by atomic mass is 35.5. The first-order valence-electron chi connectivity index (χ1n) is 6.24. The van der Waals surface area contributed by atoms with Gasteiger partial charge in [0.15, 0.2) is 0 Å². The zero-order valence-electron chi connectivity index (χ0n) is 10.8. The van der Waals surface area contributed by atoms with E-state index in [4.69, 9.17) is 22.1 Å². The molecule has 0 unspecified atom stereocenters. The average molecular weight is 277 g/mol. The van der Waals surface area contributed by atoms with Gasteiger partial charge in [-0.25, -0.2) is 0 Å². The molecule has 0 aliphatic rings. The molecular weight excluding hydrogens is 260 g/mol. The molecular formula is C15H17ClN2O. The molecule has 4 heteroatoms. The largest absolute Gasteiger partial charge is 0.493 e. The van der Waals surface area contributed by atoms with E-state index in [0.717, 1.165) is 23.4 Å². The minimum absolute atomic E-state index is 0.108. The molecule has 19 heavy (non-hydrogen) atoms. The van der Waals surface area contributed by atoms with Gasteiger partial charge in [-0.05, 0) is 37.3 Å². The van der Waals surface area contributed by atoms with E-state index >= 15 is 0 Å². The summed E-state index contributed by atoms with van der Waals surface area (Å²) in [4.78, 5) is 4.26. The third kappa shape index (κ3) is 3.94. The number of halogens is 1. The van der Waals surface area contributed by atoms with Crippen LogP contribution in [0.4, 0.5) is 0 Å². The topological polar surface area (TPSA) is 48.1 Å². The molecule has 0 amide bonds. The monoisotopic (exact) mass is 276 g/mol. The standard InChI is InChI=1S/C15H17ClN2O/c1-11(17)14-10-12(16)5-6-15(14)19-9-7-13-4-2-3-8-18-13/h2-6,8,10-11H,7,9,17H2,1H3/t11-/m0/s1. The van der Waals surface area contributed by atoms with Gasteiger partial charge in [0.05, 0.1) is 6.61 Å². The van der Waals surface area contributed by atoms with Crippen LogP contribution in [0.1, 0.15) is 24.2 Å². The summed E-state index contributed by atoms with van der Waals surface area (Å²) in [6.07, 6.45) is 2.55. The van der Waals surface area contributed by atoms with Crippen LogP contribution in [0.15, 0.2) is 42.6 Å². The summed E-state index contributed by atoms with van der Waals surface area (Å²) in [5.41, 5.74) is 7.85. The molecule has 100 valence electrons. The van der Waals surface area contributed by atoms with Crippen LogP contribution >= 0.6 is 11.6 Å². The summed E-state index contributed by atoms with van der Waals surface area (Å²) in [7, 11) is 0. The molecule has 0 aliphatic heterocycles. The quantitative estimate of drug-likeness (QED) is 0.911. The van der Waals surface area contributed by atoms with Crippen LogP contribution in [-0.2, 0) is 6.42 Å². The van der Waals surface area contributed by atoms with Crippen molar-refractivity contribution in [1.82, 2.24) is 4.98 Å². The van der Waals surface area contributed by atoms with Crippen molar-refractivity contribution >= 4 is 11.6 Å². The lowest BCUT2D eigenvalue weighted by Gasteiger charge is -2.14. The molecule has 1 heterocycles. The number of benzene rings is 1. The molecule has 1 aromatic carbocycles. The average Bonchev–Trinajstić information content (AvgIpc) is 2.41. The molecule has 0 spiro atoms. The number of hydrogen-bond acceptors (Lipinski definition) is 3. The van der Waals surface area contributed by atoms with Crippen LogP contribution in [0, 0.1) is 0 Å². The molecule has 1 atom stereocenters. The third-order valence-corrected chi connectivity index (χ3v) is 3.04. The van der Waals surface area contributed by atoms with Crippen molar-refractivity contribution in [3.05, 3.63) is 58.9 Å². The van der Waals surface area contributed by atoms with E-state index in [1.165, 1.54) is 0 Å². The van der Waals surface area contributed by atoms with Gasteiger partial charge < -0.3 is 10.5 Å². The Morgan fingerprint density at radius 1 is 1.32 bits per heavy atom. The molecule has 0 bridgehead atoms. The maximum Gasteiger partial charge on any atom is 0.124 e. The maximum atomic E-state index is 5.97. The molecule has 0 fully saturated rings. The number of nitrogens with zero attached hydrogens (tertiary/aromatic N) is 1. The fourth-order valence-electron chi connectivity index (χ4n) is 1.82. The smallest absolute Gasteiger partial charge is 0.124 e. The van der Waals surface area contributed by atoms with Gasteiger partial charge in [0, 0.05) is 34.9 Å². The number of aromatic nitrogens is 1. The SMILES string of the molecule is C[C@H](N)c1cc(Cl)ccc1OCCc1ccccn1. The lowest BCUT2D eigenvalue weighted by atomic mass is 10.1. The maximum absolute atomic E-state index is 5.97. The summed E-state index contributed by atoms with van der Waals surface area (Å²) in [5.74, 6) is 0.787. The first kappa shape index (κ1) is 13.8. The van der Waals surface area contributed by atoms with E-state index in [1.807, 2.05) is 43.3 Å². The van der Waals surface area contributed by atoms with Crippen molar-refractivity contribution in [2.75, 3.05) is 6.61 Å². The Labute approximate surface area is 118 Å². The Morgan fingerprint density at radius 3 is 2.84 bits per heavy atom. The van der Waals surface area contributed by atoms with Crippen molar-refractivity contribution in [1.29, 1.82) is 0 Å². The van der Waals surface area contributed by atoms with Crippen LogP contribution < -0.4 is 10.5 Å². The molecule has 0 saturated heterocycles. The van der Waals surface area contributed by atoms with Gasteiger partial charge in [-0.2, -0.15) is 0 Å². The minimum Gasteiger partial charge on any atom is -0.493 e. The molecule has 0 radical (unpaired) electrons. The zero-order chi connectivity index (χ0) is 13.7. The number of nitrogens with two attached hydrogens (primary N) is 1. The van der Waals surface area contributed by atoms with E-state index in [0.29, 0.717) is 11.6 Å². The fraction of sp³-hybridized carbons (Fsp3) is 0.267. The molecule has 0 saturated carbocycles. The van der Waals surface area contributed by atoms with E-state index < -0.39 is 0 Å². The van der Waals surface area contributed by atoms with Crippen molar-refractivity contribution in [3.63, 3.8) is 0 Å². The molecule has 2 rings (SSSR count). The van der Waals surface area contributed by atoms with E-state index in [9.17, 15) is 0 Å². The van der Waals surface area contributed by atoms with Gasteiger partial charge >= 0.3 is 0 Å². The van der Waals surface area contributed by atoms with E-state index in [-0.39, 0.29) is 6.04 Å². The third-order valence-electron chi connectivity index (χ3n) is 2.80. The second kappa shape index (κ2) is 6.55. The number of pyridine rings is 1. The highest BCUT2D eigenvalue weighted by Crippen LogP contribution is 2.27. The summed E-state index contributed by atoms with van der Waals surface area (Å²) in [5, 5.41) is 0.671. The van der Waals surface area contributed by atoms with Gasteiger partial charge in [0.25, 0.3) is 0 Å². The fourth-order valence-corrected chi connectivity index (χ4v) is 2.00. The summed E-state index contributed by atoms with van der Waals surface area (Å²) in [6.45, 7) is 2.48. The first-order valence-corrected chi connectivity index (χ1v) is 6.62. The molecule has 0 aliphatic carbocycles. The Morgan fingerprint density at radius 2 is 2.16 bits per heavy atom.